The van der Waals surface area contributed by atoms with Crippen LogP contribution in [0.15, 0.2) is 48.5 Å². The first kappa shape index (κ1) is 20.2. The Morgan fingerprint density at radius 3 is 2.32 bits per heavy atom. The molecule has 2 aromatic rings. The number of amides is 1. The van der Waals surface area contributed by atoms with Crippen LogP contribution in [0.3, 0.4) is 0 Å². The Balaban J connectivity index is 1.42. The maximum Gasteiger partial charge on any atom is 0.269 e. The number of nitro groups is 1. The van der Waals surface area contributed by atoms with Gasteiger partial charge in [0, 0.05) is 55.4 Å². The van der Waals surface area contributed by atoms with Crippen LogP contribution in [-0.2, 0) is 10.5 Å². The van der Waals surface area contributed by atoms with Crippen LogP contribution in [0, 0.1) is 10.1 Å². The molecule has 1 heterocycles. The number of carbonyl (C=O) groups excluding carboxylic acids is 1. The van der Waals surface area contributed by atoms with Crippen molar-refractivity contribution in [1.82, 2.24) is 4.90 Å². The number of nitrogens with one attached hydrogen (secondary N) is 1. The first-order valence-corrected chi connectivity index (χ1v) is 10.3. The molecule has 0 atom stereocenters. The third kappa shape index (κ3) is 5.71. The van der Waals surface area contributed by atoms with Gasteiger partial charge in [0.25, 0.3) is 5.69 Å². The quantitative estimate of drug-likeness (QED) is 0.568. The number of hydrogen-bond acceptors (Lipinski definition) is 6. The zero-order valence-corrected chi connectivity index (χ0v) is 16.7. The van der Waals surface area contributed by atoms with Crippen LogP contribution in [0.1, 0.15) is 5.56 Å². The second-order valence-corrected chi connectivity index (χ2v) is 7.79. The molecule has 148 valence electrons. The molecule has 7 nitrogen and oxygen atoms in total. The van der Waals surface area contributed by atoms with Gasteiger partial charge in [-0.3, -0.25) is 14.9 Å². The summed E-state index contributed by atoms with van der Waals surface area (Å²) >= 11 is 1.48. The smallest absolute Gasteiger partial charge is 0.269 e. The number of benzene rings is 2. The van der Waals surface area contributed by atoms with Gasteiger partial charge in [0.05, 0.1) is 10.7 Å². The number of non-ortho nitro benzene ring substituents is 1. The maximum atomic E-state index is 12.1. The van der Waals surface area contributed by atoms with Gasteiger partial charge in [0.2, 0.25) is 5.91 Å². The molecule has 1 aliphatic heterocycles. The SMILES string of the molecule is CN1CCN(c2ccc(NC(=O)CSCc3ccc([N+](=O)[O-])cc3)cc2)CC1. The van der Waals surface area contributed by atoms with E-state index in [1.54, 1.807) is 12.1 Å². The molecule has 1 fully saturated rings. The molecule has 3 rings (SSSR count). The minimum atomic E-state index is -0.417. The monoisotopic (exact) mass is 400 g/mol. The molecular weight excluding hydrogens is 376 g/mol. The van der Waals surface area contributed by atoms with Crippen LogP contribution in [-0.4, -0.2) is 54.7 Å². The molecule has 0 spiro atoms. The lowest BCUT2D eigenvalue weighted by molar-refractivity contribution is -0.384. The Hall–Kier alpha value is -2.58. The van der Waals surface area contributed by atoms with Gasteiger partial charge in [0.15, 0.2) is 0 Å². The Labute approximate surface area is 168 Å². The summed E-state index contributed by atoms with van der Waals surface area (Å²) in [6.07, 6.45) is 0. The number of rotatable bonds is 7. The third-order valence-electron chi connectivity index (χ3n) is 4.67. The van der Waals surface area contributed by atoms with Gasteiger partial charge < -0.3 is 15.1 Å². The zero-order valence-electron chi connectivity index (χ0n) is 15.8. The van der Waals surface area contributed by atoms with Crippen LogP contribution >= 0.6 is 11.8 Å². The molecule has 1 saturated heterocycles. The van der Waals surface area contributed by atoms with Gasteiger partial charge >= 0.3 is 0 Å². The van der Waals surface area contributed by atoms with E-state index in [4.69, 9.17) is 0 Å². The van der Waals surface area contributed by atoms with E-state index >= 15 is 0 Å². The van der Waals surface area contributed by atoms with Gasteiger partial charge in [-0.05, 0) is 36.9 Å². The Morgan fingerprint density at radius 2 is 1.71 bits per heavy atom. The van der Waals surface area contributed by atoms with Crippen molar-refractivity contribution >= 4 is 34.7 Å². The van der Waals surface area contributed by atoms with Crippen molar-refractivity contribution < 1.29 is 9.72 Å². The van der Waals surface area contributed by atoms with Crippen molar-refractivity contribution in [2.45, 2.75) is 5.75 Å². The Morgan fingerprint density at radius 1 is 1.07 bits per heavy atom. The second kappa shape index (κ2) is 9.57. The summed E-state index contributed by atoms with van der Waals surface area (Å²) in [6, 6.07) is 14.4. The van der Waals surface area contributed by atoms with Gasteiger partial charge in [-0.1, -0.05) is 12.1 Å². The average molecular weight is 401 g/mol. The summed E-state index contributed by atoms with van der Waals surface area (Å²) in [7, 11) is 2.13. The van der Waals surface area contributed by atoms with E-state index in [0.717, 1.165) is 37.4 Å². The topological polar surface area (TPSA) is 78.7 Å². The highest BCUT2D eigenvalue weighted by atomic mass is 32.2. The largest absolute Gasteiger partial charge is 0.369 e. The summed E-state index contributed by atoms with van der Waals surface area (Å²) in [5, 5.41) is 13.6. The number of thioether (sulfide) groups is 1. The number of nitro benzene ring substituents is 1. The van der Waals surface area contributed by atoms with Crippen molar-refractivity contribution in [3.8, 4) is 0 Å². The van der Waals surface area contributed by atoms with E-state index in [-0.39, 0.29) is 11.6 Å². The Bertz CT molecular complexity index is 803. The lowest BCUT2D eigenvalue weighted by Gasteiger charge is -2.34. The molecule has 1 aliphatic rings. The molecule has 8 heteroatoms. The number of anilines is 2. The Kier molecular flexibility index (Phi) is 6.89. The zero-order chi connectivity index (χ0) is 19.9. The molecule has 1 N–H and O–H groups in total. The standard InChI is InChI=1S/C20H24N4O3S/c1-22-10-12-23(13-11-22)18-8-4-17(5-9-18)21-20(25)15-28-14-16-2-6-19(7-3-16)24(26)27/h2-9H,10-15H2,1H3,(H,21,25). The molecule has 0 aliphatic carbocycles. The van der Waals surface area contributed by atoms with Gasteiger partial charge in [0.1, 0.15) is 0 Å². The first-order chi connectivity index (χ1) is 13.5. The van der Waals surface area contributed by atoms with E-state index in [1.807, 2.05) is 24.3 Å². The molecular formula is C20H24N4O3S. The van der Waals surface area contributed by atoms with E-state index in [1.165, 1.54) is 29.6 Å². The van der Waals surface area contributed by atoms with E-state index < -0.39 is 4.92 Å². The summed E-state index contributed by atoms with van der Waals surface area (Å²) in [5.41, 5.74) is 3.00. The van der Waals surface area contributed by atoms with E-state index in [2.05, 4.69) is 22.2 Å². The minimum Gasteiger partial charge on any atom is -0.369 e. The van der Waals surface area contributed by atoms with E-state index in [9.17, 15) is 14.9 Å². The molecule has 0 unspecified atom stereocenters. The molecule has 0 saturated carbocycles. The first-order valence-electron chi connectivity index (χ1n) is 9.16. The highest BCUT2D eigenvalue weighted by Crippen LogP contribution is 2.20. The van der Waals surface area contributed by atoms with Crippen LogP contribution in [0.5, 0.6) is 0 Å². The number of carbonyl (C=O) groups is 1. The molecule has 1 amide bonds. The minimum absolute atomic E-state index is 0.0562. The van der Waals surface area contributed by atoms with Crippen LogP contribution in [0.4, 0.5) is 17.1 Å². The van der Waals surface area contributed by atoms with Crippen LogP contribution in [0.25, 0.3) is 0 Å². The second-order valence-electron chi connectivity index (χ2n) is 6.80. The van der Waals surface area contributed by atoms with Crippen molar-refractivity contribution in [3.63, 3.8) is 0 Å². The number of piperazine rings is 1. The predicted octanol–water partition coefficient (Wildman–Crippen LogP) is 3.22. The van der Waals surface area contributed by atoms with Crippen LogP contribution < -0.4 is 10.2 Å². The van der Waals surface area contributed by atoms with Crippen LogP contribution in [0.2, 0.25) is 0 Å². The number of nitrogens with zero attached hydrogens (tertiary/aromatic N) is 3. The molecule has 28 heavy (non-hydrogen) atoms. The molecule has 0 bridgehead atoms. The van der Waals surface area contributed by atoms with E-state index in [0.29, 0.717) is 11.5 Å². The fourth-order valence-electron chi connectivity index (χ4n) is 2.99. The third-order valence-corrected chi connectivity index (χ3v) is 5.67. The van der Waals surface area contributed by atoms with Gasteiger partial charge in [-0.2, -0.15) is 0 Å². The van der Waals surface area contributed by atoms with Gasteiger partial charge in [-0.25, -0.2) is 0 Å². The predicted molar refractivity (Wildman–Crippen MR) is 114 cm³/mol. The van der Waals surface area contributed by atoms with Crippen molar-refractivity contribution in [2.75, 3.05) is 49.2 Å². The van der Waals surface area contributed by atoms with Crippen molar-refractivity contribution in [1.29, 1.82) is 0 Å². The maximum absolute atomic E-state index is 12.1. The average Bonchev–Trinajstić information content (AvgIpc) is 2.70. The number of likely N-dealkylation sites (N-methyl/N-ethyl adjacent to an activating group) is 1. The van der Waals surface area contributed by atoms with Gasteiger partial charge in [-0.15, -0.1) is 11.8 Å². The lowest BCUT2D eigenvalue weighted by Crippen LogP contribution is -2.44. The lowest BCUT2D eigenvalue weighted by atomic mass is 10.2. The molecule has 2 aromatic carbocycles. The summed E-state index contributed by atoms with van der Waals surface area (Å²) < 4.78 is 0. The highest BCUT2D eigenvalue weighted by Gasteiger charge is 2.14. The normalized spacial score (nSPS) is 14.7. The summed E-state index contributed by atoms with van der Waals surface area (Å²) in [6.45, 7) is 4.15. The number of hydrogen-bond donors (Lipinski definition) is 1. The highest BCUT2D eigenvalue weighted by molar-refractivity contribution is 7.99. The molecule has 0 aromatic heterocycles. The van der Waals surface area contributed by atoms with Crippen molar-refractivity contribution in [2.24, 2.45) is 0 Å². The summed E-state index contributed by atoms with van der Waals surface area (Å²) in [4.78, 5) is 27.0. The summed E-state index contributed by atoms with van der Waals surface area (Å²) in [5.74, 6) is 0.907. The van der Waals surface area contributed by atoms with Crippen molar-refractivity contribution in [3.05, 3.63) is 64.2 Å². The fraction of sp³-hybridized carbons (Fsp3) is 0.350. The molecule has 0 radical (unpaired) electrons. The fourth-order valence-corrected chi connectivity index (χ4v) is 3.78.